The van der Waals surface area contributed by atoms with Gasteiger partial charge in [0.25, 0.3) is 16.7 Å². The third-order valence-electron chi connectivity index (χ3n) is 18.7. The number of alkyl halides is 15. The van der Waals surface area contributed by atoms with Gasteiger partial charge in [-0.3, -0.25) is 37.7 Å². The second-order valence-electron chi connectivity index (χ2n) is 29.0. The van der Waals surface area contributed by atoms with E-state index in [-0.39, 0.29) is 108 Å². The zero-order valence-electron chi connectivity index (χ0n) is 72.9. The van der Waals surface area contributed by atoms with E-state index in [1.807, 2.05) is 0 Å². The van der Waals surface area contributed by atoms with Gasteiger partial charge in [-0.1, -0.05) is 78.1 Å². The molecule has 0 bridgehead atoms. The summed E-state index contributed by atoms with van der Waals surface area (Å²) >= 11 is 5.00. The Hall–Kier alpha value is -11.7. The van der Waals surface area contributed by atoms with Crippen LogP contribution < -0.4 is 41.9 Å². The molecule has 0 aliphatic heterocycles. The molecule has 3 radical (unpaired) electrons. The highest BCUT2D eigenvalue weighted by Gasteiger charge is 2.38. The Balaban J connectivity index is 0.000000374. The number of carbonyl (C=O) groups is 2. The molecular weight excluding hydrogens is 1900 g/mol. The van der Waals surface area contributed by atoms with Crippen LogP contribution >= 0.6 is 11.6 Å². The Morgan fingerprint density at radius 2 is 0.889 bits per heavy atom. The van der Waals surface area contributed by atoms with Crippen molar-refractivity contribution >= 4 is 93.5 Å². The molecule has 3 N–H and O–H groups in total. The summed E-state index contributed by atoms with van der Waals surface area (Å²) in [6.07, 6.45) is -20.7. The molecule has 11 aromatic rings. The van der Waals surface area contributed by atoms with Crippen LogP contribution in [-0.4, -0.2) is 189 Å². The van der Waals surface area contributed by atoms with Crippen molar-refractivity contribution in [3.63, 3.8) is 0 Å². The van der Waals surface area contributed by atoms with Gasteiger partial charge in [0.2, 0.25) is 11.1 Å². The van der Waals surface area contributed by atoms with Crippen LogP contribution in [0.2, 0.25) is 0 Å². The quantitative estimate of drug-likeness (QED) is 0.0250. The van der Waals surface area contributed by atoms with Crippen molar-refractivity contribution in [3.8, 4) is 34.3 Å². The number of halogens is 18. The first kappa shape index (κ1) is 116. The van der Waals surface area contributed by atoms with Crippen LogP contribution in [-0.2, 0) is 64.3 Å². The van der Waals surface area contributed by atoms with Gasteiger partial charge in [-0.25, -0.2) is 54.0 Å². The van der Waals surface area contributed by atoms with Crippen molar-refractivity contribution in [1.82, 2.24) is 48.8 Å². The van der Waals surface area contributed by atoms with E-state index in [1.54, 1.807) is 69.3 Å². The first-order chi connectivity index (χ1) is 61.8. The number of rotatable bonds is 29. The van der Waals surface area contributed by atoms with Crippen LogP contribution in [0.15, 0.2) is 202 Å². The molecule has 0 saturated carbocycles. The molecule has 4 heterocycles. The summed E-state index contributed by atoms with van der Waals surface area (Å²) in [5, 5.41) is 4.06. The zero-order chi connectivity index (χ0) is 99.7. The summed E-state index contributed by atoms with van der Waals surface area (Å²) in [5.74, 6) is -3.79. The average molecular weight is 2000 g/mol. The molecule has 733 valence electrons. The first-order valence-electron chi connectivity index (χ1n) is 39.7. The summed E-state index contributed by atoms with van der Waals surface area (Å²) in [7, 11) is -9.74. The van der Waals surface area contributed by atoms with Crippen LogP contribution in [0.1, 0.15) is 114 Å². The normalized spacial score (nSPS) is 12.5. The SMILES string of the molecule is C.C=CS(=O)(=O)CC.CCN(CC)CC.C[C@@H](N)c1nc2ncccc2c(=O)n1-c1ccc(OCC(F)(F)F)cc1.C[C@@H](NCCS(C)(=O)=O)c1nc2ccccc2c(=O)n1-c1ccc(OCC(F)(F)F)cc1.C[C@H](c1nc2ccccc2c(=O)n1-c1ccc(OCC(F)(F)F)cc1)N(CCS(C)(=O)=O)C(=O)Cc1ccc(F)c(C(F)(F)F)c1.O=C(Cl)Cc1ccc(F)c(C(F)(F)F)c1.[B]. The number of hydrogen-bond donors (Lipinski definition) is 2. The molecule has 3 atom stereocenters. The topological polar surface area (TPSA) is 326 Å². The van der Waals surface area contributed by atoms with E-state index >= 15 is 0 Å². The van der Waals surface area contributed by atoms with Gasteiger partial charge in [0.05, 0.1) is 97.2 Å². The van der Waals surface area contributed by atoms with Crippen LogP contribution in [0.5, 0.6) is 17.2 Å². The molecule has 0 aliphatic rings. The van der Waals surface area contributed by atoms with Crippen molar-refractivity contribution in [1.29, 1.82) is 0 Å². The number of nitrogens with zero attached hydrogens (tertiary/aromatic N) is 9. The summed E-state index contributed by atoms with van der Waals surface area (Å²) < 4.78 is 300. The molecule has 0 fully saturated rings. The average Bonchev–Trinajstić information content (AvgIpc) is 0.777. The Bertz CT molecular complexity index is 6370. The summed E-state index contributed by atoms with van der Waals surface area (Å²) in [6.45, 7) is 15.0. The van der Waals surface area contributed by atoms with Crippen LogP contribution in [0, 0.1) is 11.6 Å². The highest BCUT2D eigenvalue weighted by Crippen LogP contribution is 2.35. The second-order valence-corrected chi connectivity index (χ2v) is 36.2. The van der Waals surface area contributed by atoms with Crippen molar-refractivity contribution in [2.75, 3.05) is 82.3 Å². The maximum absolute atomic E-state index is 13.9. The number of para-hydroxylation sites is 2. The van der Waals surface area contributed by atoms with Gasteiger partial charge in [-0.05, 0) is 197 Å². The number of ether oxygens (including phenoxy) is 3. The third-order valence-corrected chi connectivity index (χ3v) is 22.0. The summed E-state index contributed by atoms with van der Waals surface area (Å²) in [4.78, 5) is 84.9. The maximum atomic E-state index is 13.9. The molecule has 0 aliphatic carbocycles. The number of hydrogen-bond acceptors (Lipinski definition) is 21. The number of fused-ring (bicyclic) bond motifs is 3. The van der Waals surface area contributed by atoms with Gasteiger partial charge in [0, 0.05) is 52.0 Å². The minimum Gasteiger partial charge on any atom is -0.484 e. The molecule has 4 aromatic heterocycles. The van der Waals surface area contributed by atoms with Crippen molar-refractivity contribution < 1.29 is 124 Å². The van der Waals surface area contributed by atoms with Gasteiger partial charge < -0.3 is 35.1 Å². The highest BCUT2D eigenvalue weighted by molar-refractivity contribution is 7.94. The van der Waals surface area contributed by atoms with Gasteiger partial charge in [0.1, 0.15) is 66.0 Å². The Morgan fingerprint density at radius 3 is 1.24 bits per heavy atom. The van der Waals surface area contributed by atoms with Crippen LogP contribution in [0.4, 0.5) is 74.6 Å². The van der Waals surface area contributed by atoms with Crippen molar-refractivity contribution in [2.45, 2.75) is 118 Å². The number of sulfone groups is 3. The fourth-order valence-corrected chi connectivity index (χ4v) is 13.5. The number of carbonyl (C=O) groups excluding carboxylic acids is 2. The Kier molecular flexibility index (Phi) is 43.0. The lowest BCUT2D eigenvalue weighted by Crippen LogP contribution is -2.40. The number of pyridine rings is 1. The maximum Gasteiger partial charge on any atom is 0.422 e. The van der Waals surface area contributed by atoms with E-state index in [0.29, 0.717) is 63.6 Å². The van der Waals surface area contributed by atoms with Crippen molar-refractivity contribution in [3.05, 3.63) is 270 Å². The highest BCUT2D eigenvalue weighted by atomic mass is 35.5. The van der Waals surface area contributed by atoms with Crippen LogP contribution in [0.3, 0.4) is 0 Å². The molecule has 47 heteroatoms. The lowest BCUT2D eigenvalue weighted by atomic mass is 10.1. The Morgan fingerprint density at radius 1 is 0.519 bits per heavy atom. The summed E-state index contributed by atoms with van der Waals surface area (Å²) in [6, 6.07) is 34.6. The van der Waals surface area contributed by atoms with E-state index in [0.717, 1.165) is 39.5 Å². The smallest absolute Gasteiger partial charge is 0.422 e. The summed E-state index contributed by atoms with van der Waals surface area (Å²) in [5.41, 5.74) is 3.35. The fraction of sp³-hybridized carbons (Fsp3) is 0.352. The number of nitrogens with one attached hydrogen (secondary N) is 1. The molecule has 11 rings (SSSR count). The lowest BCUT2D eigenvalue weighted by molar-refractivity contribution is -0.154. The largest absolute Gasteiger partial charge is 0.484 e. The minimum atomic E-state index is -5.04. The zero-order valence-corrected chi connectivity index (χ0v) is 76.1. The molecule has 25 nitrogen and oxygen atoms in total. The second kappa shape index (κ2) is 50.2. The standard InChI is InChI=1S/C30H26F7N3O5S.C21H22F3N3O4S.C17H15F3N4O2.C9H5ClF4O.C6H15N.C4H8O2S.CH4.B/c1-18(39(13-14-46(2,43)44)26(41)16-19-7-12-24(31)23(15-19)30(35,36)37)27-38-25-6-4-3-5-22(25)28(42)40(27)20-8-10-21(11-9-20)45-17-29(32,33)34;1-14(25-11-12-32(2,29)30)19-26-18-6-4-3-5-17(18)20(28)27(19)15-7-9-16(10-8-15)31-13-21(22,23)24;1-10(21)15-23-14-13(3-2-8-22-14)16(25)24(15)11-4-6-12(7-5-11)26-9-17(18,19)20;10-8(15)4-5-1-2-7(11)6(3-5)9(12,13)14;1-4-7(5-2)6-3;1-3-7(5,6)4-2;;/h3-12,15,18H,13-14,16-17H2,1-2H3;3-10,14,25H,11-13H2,1-2H3;2-8,10H,9,21H2,1H3;1-3H,4H2;4-6H2,1-3H3;3H,1,4H2,2H3;1H4;/t18-;14-;10-;;;;;/m111...../s1. The van der Waals surface area contributed by atoms with Gasteiger partial charge in [-0.15, -0.1) is 0 Å². The fourth-order valence-electron chi connectivity index (χ4n) is 12.0. The number of amides is 1. The number of benzene rings is 7. The molecule has 7 aromatic carbocycles. The monoisotopic (exact) mass is 1990 g/mol. The molecule has 1 amide bonds. The number of nitrogens with two attached hydrogens (primary N) is 1. The van der Waals surface area contributed by atoms with E-state index < -0.39 is 157 Å². The molecular formula is C88H95BClF17N11O14S3. The third kappa shape index (κ3) is 36.5. The predicted octanol–water partition coefficient (Wildman–Crippen LogP) is 16.7. The van der Waals surface area contributed by atoms with E-state index in [2.05, 4.69) is 62.2 Å². The van der Waals surface area contributed by atoms with Gasteiger partial charge >= 0.3 is 30.9 Å². The van der Waals surface area contributed by atoms with Crippen molar-refractivity contribution in [2.24, 2.45) is 5.73 Å². The van der Waals surface area contributed by atoms with E-state index in [1.165, 1.54) is 127 Å². The molecule has 135 heavy (non-hydrogen) atoms. The number of aromatic nitrogens is 7. The van der Waals surface area contributed by atoms with Gasteiger partial charge in [-0.2, -0.15) is 65.9 Å². The molecule has 0 spiro atoms. The van der Waals surface area contributed by atoms with Gasteiger partial charge in [0.15, 0.2) is 35.3 Å². The predicted molar refractivity (Wildman–Crippen MR) is 480 cm³/mol. The molecule has 0 saturated heterocycles. The Labute approximate surface area is 772 Å². The van der Waals surface area contributed by atoms with E-state index in [9.17, 15) is 124 Å². The lowest BCUT2D eigenvalue weighted by Gasteiger charge is -2.30. The van der Waals surface area contributed by atoms with Crippen LogP contribution in [0.25, 0.3) is 49.9 Å². The first-order valence-corrected chi connectivity index (χ1v) is 46.0. The molecule has 0 unspecified atom stereocenters. The minimum absolute atomic E-state index is 0. The van der Waals surface area contributed by atoms with E-state index in [4.69, 9.17) is 26.8 Å².